The molecule has 4 heterocycles. The first-order valence-electron chi connectivity index (χ1n) is 8.67. The lowest BCUT2D eigenvalue weighted by atomic mass is 10.0. The second-order valence-electron chi connectivity index (χ2n) is 6.79. The van der Waals surface area contributed by atoms with Crippen LogP contribution in [0.1, 0.15) is 15.7 Å². The van der Waals surface area contributed by atoms with Crippen molar-refractivity contribution in [3.05, 3.63) is 32.7 Å². The highest BCUT2D eigenvalue weighted by atomic mass is 32.1. The monoisotopic (exact) mass is 380 g/mol. The first-order chi connectivity index (χ1) is 12.2. The number of ether oxygens (including phenoxy) is 2. The van der Waals surface area contributed by atoms with E-state index in [4.69, 9.17) is 9.47 Å². The quantitative estimate of drug-likeness (QED) is 0.809. The third-order valence-electron chi connectivity index (χ3n) is 4.65. The van der Waals surface area contributed by atoms with Crippen LogP contribution in [-0.2, 0) is 22.6 Å². The molecular formula is C17H24N4O2S2. The highest BCUT2D eigenvalue weighted by Crippen LogP contribution is 2.25. The Morgan fingerprint density at radius 2 is 2.00 bits per heavy atom. The first kappa shape index (κ1) is 17.5. The van der Waals surface area contributed by atoms with Gasteiger partial charge in [-0.2, -0.15) is 0 Å². The van der Waals surface area contributed by atoms with Crippen LogP contribution in [0.5, 0.6) is 0 Å². The summed E-state index contributed by atoms with van der Waals surface area (Å²) in [6.45, 7) is 9.63. The molecule has 136 valence electrons. The van der Waals surface area contributed by atoms with Gasteiger partial charge in [0.15, 0.2) is 0 Å². The van der Waals surface area contributed by atoms with Crippen molar-refractivity contribution in [1.82, 2.24) is 19.8 Å². The Balaban J connectivity index is 1.43. The fourth-order valence-electron chi connectivity index (χ4n) is 3.59. The van der Waals surface area contributed by atoms with E-state index in [0.29, 0.717) is 6.61 Å². The summed E-state index contributed by atoms with van der Waals surface area (Å²) >= 11 is 3.43. The number of aromatic nitrogens is 2. The Morgan fingerprint density at radius 3 is 2.76 bits per heavy atom. The van der Waals surface area contributed by atoms with E-state index >= 15 is 0 Å². The van der Waals surface area contributed by atoms with Crippen LogP contribution in [0.4, 0.5) is 0 Å². The molecule has 0 aliphatic carbocycles. The number of nitrogens with zero attached hydrogens (tertiary/aromatic N) is 4. The van der Waals surface area contributed by atoms with E-state index in [2.05, 4.69) is 32.1 Å². The second kappa shape index (κ2) is 7.77. The van der Waals surface area contributed by atoms with Crippen LogP contribution in [0.2, 0.25) is 0 Å². The summed E-state index contributed by atoms with van der Waals surface area (Å²) in [5, 5.41) is 6.49. The number of thiazole rings is 2. The maximum atomic E-state index is 6.27. The van der Waals surface area contributed by atoms with Crippen LogP contribution < -0.4 is 0 Å². The van der Waals surface area contributed by atoms with E-state index in [1.165, 1.54) is 5.01 Å². The molecule has 0 amide bonds. The van der Waals surface area contributed by atoms with Crippen LogP contribution in [0.15, 0.2) is 17.0 Å². The Hall–Kier alpha value is -0.900. The largest absolute Gasteiger partial charge is 0.377 e. The van der Waals surface area contributed by atoms with Crippen molar-refractivity contribution in [3.8, 4) is 0 Å². The molecule has 2 saturated heterocycles. The Kier molecular flexibility index (Phi) is 5.44. The zero-order valence-corrected chi connectivity index (χ0v) is 16.2. The molecule has 6 nitrogen and oxygen atoms in total. The van der Waals surface area contributed by atoms with Gasteiger partial charge in [0, 0.05) is 49.7 Å². The zero-order valence-electron chi connectivity index (χ0n) is 14.5. The minimum Gasteiger partial charge on any atom is -0.377 e. The van der Waals surface area contributed by atoms with Crippen molar-refractivity contribution >= 4 is 22.7 Å². The van der Waals surface area contributed by atoms with Crippen LogP contribution in [-0.4, -0.2) is 71.4 Å². The van der Waals surface area contributed by atoms with Crippen molar-refractivity contribution in [3.63, 3.8) is 0 Å². The lowest BCUT2D eigenvalue weighted by Crippen LogP contribution is -2.58. The molecule has 1 spiro atoms. The fraction of sp³-hybridized carbons (Fsp3) is 0.647. The predicted octanol–water partition coefficient (Wildman–Crippen LogP) is 2.01. The van der Waals surface area contributed by atoms with Gasteiger partial charge in [-0.25, -0.2) is 9.97 Å². The molecule has 25 heavy (non-hydrogen) atoms. The Bertz CT molecular complexity index is 678. The molecule has 1 unspecified atom stereocenters. The molecule has 2 aromatic heterocycles. The minimum atomic E-state index is -0.253. The average molecular weight is 381 g/mol. The summed E-state index contributed by atoms with van der Waals surface area (Å²) in [7, 11) is 0. The zero-order chi connectivity index (χ0) is 17.1. The van der Waals surface area contributed by atoms with Gasteiger partial charge in [-0.15, -0.1) is 22.7 Å². The average Bonchev–Trinajstić information content (AvgIpc) is 3.19. The molecule has 1 atom stereocenters. The van der Waals surface area contributed by atoms with Crippen molar-refractivity contribution in [2.24, 2.45) is 0 Å². The van der Waals surface area contributed by atoms with Crippen molar-refractivity contribution in [2.45, 2.75) is 25.6 Å². The minimum absolute atomic E-state index is 0.253. The summed E-state index contributed by atoms with van der Waals surface area (Å²) in [5.74, 6) is 0. The highest BCUT2D eigenvalue weighted by molar-refractivity contribution is 7.09. The molecular weight excluding hydrogens is 356 g/mol. The SMILES string of the molecule is Cc1nc(CN2CCOCC3(C2)CN(Cc2nccs2)CCO3)cs1. The molecule has 8 heteroatoms. The van der Waals surface area contributed by atoms with Gasteiger partial charge >= 0.3 is 0 Å². The maximum Gasteiger partial charge on any atom is 0.117 e. The van der Waals surface area contributed by atoms with E-state index in [-0.39, 0.29) is 5.60 Å². The van der Waals surface area contributed by atoms with Gasteiger partial charge in [-0.3, -0.25) is 9.80 Å². The van der Waals surface area contributed by atoms with Crippen LogP contribution in [0, 0.1) is 6.92 Å². The van der Waals surface area contributed by atoms with Crippen LogP contribution in [0.25, 0.3) is 0 Å². The third-order valence-corrected chi connectivity index (χ3v) is 6.24. The van der Waals surface area contributed by atoms with Gasteiger partial charge in [0.05, 0.1) is 37.1 Å². The molecule has 4 rings (SSSR count). The third kappa shape index (κ3) is 4.45. The molecule has 0 aromatic carbocycles. The number of aryl methyl sites for hydroxylation is 1. The molecule has 2 aliphatic heterocycles. The van der Waals surface area contributed by atoms with E-state index in [1.807, 2.05) is 11.6 Å². The van der Waals surface area contributed by atoms with E-state index in [0.717, 1.165) is 63.2 Å². The number of rotatable bonds is 4. The van der Waals surface area contributed by atoms with Gasteiger partial charge in [-0.05, 0) is 6.92 Å². The summed E-state index contributed by atoms with van der Waals surface area (Å²) in [4.78, 5) is 13.9. The number of hydrogen-bond donors (Lipinski definition) is 0. The highest BCUT2D eigenvalue weighted by Gasteiger charge is 2.40. The second-order valence-corrected chi connectivity index (χ2v) is 8.83. The van der Waals surface area contributed by atoms with Gasteiger partial charge in [-0.1, -0.05) is 0 Å². The van der Waals surface area contributed by atoms with E-state index in [9.17, 15) is 0 Å². The van der Waals surface area contributed by atoms with Crippen molar-refractivity contribution in [1.29, 1.82) is 0 Å². The lowest BCUT2D eigenvalue weighted by Gasteiger charge is -2.43. The van der Waals surface area contributed by atoms with Gasteiger partial charge in [0.25, 0.3) is 0 Å². The number of hydrogen-bond acceptors (Lipinski definition) is 8. The first-order valence-corrected chi connectivity index (χ1v) is 10.4. The Labute approximate surface area is 156 Å². The van der Waals surface area contributed by atoms with E-state index in [1.54, 1.807) is 22.7 Å². The topological polar surface area (TPSA) is 50.7 Å². The van der Waals surface area contributed by atoms with Crippen molar-refractivity contribution < 1.29 is 9.47 Å². The Morgan fingerprint density at radius 1 is 1.16 bits per heavy atom. The molecule has 2 aliphatic rings. The van der Waals surface area contributed by atoms with E-state index < -0.39 is 0 Å². The van der Waals surface area contributed by atoms with Gasteiger partial charge in [0.2, 0.25) is 0 Å². The van der Waals surface area contributed by atoms with Crippen LogP contribution >= 0.6 is 22.7 Å². The molecule has 0 saturated carbocycles. The molecule has 0 N–H and O–H groups in total. The molecule has 0 radical (unpaired) electrons. The fourth-order valence-corrected chi connectivity index (χ4v) is 4.85. The molecule has 2 fully saturated rings. The summed E-state index contributed by atoms with van der Waals surface area (Å²) in [6.07, 6.45) is 1.88. The standard InChI is InChI=1S/C17H24N4O2S2/c1-14-19-15(10-25-14)8-20-3-5-22-13-17(11-20)12-21(4-6-23-17)9-16-18-2-7-24-16/h2,7,10H,3-6,8-9,11-13H2,1H3. The van der Waals surface area contributed by atoms with Crippen LogP contribution in [0.3, 0.4) is 0 Å². The maximum absolute atomic E-state index is 6.27. The molecule has 0 bridgehead atoms. The van der Waals surface area contributed by atoms with Gasteiger partial charge < -0.3 is 9.47 Å². The summed E-state index contributed by atoms with van der Waals surface area (Å²) in [6, 6.07) is 0. The molecule has 2 aromatic rings. The smallest absolute Gasteiger partial charge is 0.117 e. The predicted molar refractivity (Wildman–Crippen MR) is 99.0 cm³/mol. The van der Waals surface area contributed by atoms with Crippen molar-refractivity contribution in [2.75, 3.05) is 46.0 Å². The normalized spacial score (nSPS) is 26.1. The van der Waals surface area contributed by atoms with Gasteiger partial charge in [0.1, 0.15) is 10.6 Å². The summed E-state index contributed by atoms with van der Waals surface area (Å²) in [5.41, 5.74) is 0.895. The number of morpholine rings is 1. The lowest BCUT2D eigenvalue weighted by molar-refractivity contribution is -0.143. The summed E-state index contributed by atoms with van der Waals surface area (Å²) < 4.78 is 12.2.